The van der Waals surface area contributed by atoms with Gasteiger partial charge in [-0.25, -0.2) is 0 Å². The maximum Gasteiger partial charge on any atom is 0.303 e. The van der Waals surface area contributed by atoms with Crippen molar-refractivity contribution in [3.8, 4) is 5.75 Å². The Morgan fingerprint density at radius 2 is 1.79 bits per heavy atom. The second-order valence-electron chi connectivity index (χ2n) is 6.52. The van der Waals surface area contributed by atoms with Crippen molar-refractivity contribution in [2.45, 2.75) is 32.3 Å². The number of nitrogens with one attached hydrogen (secondary N) is 1. The molecular weight excluding hydrogens is 358 g/mol. The largest absolute Gasteiger partial charge is 0.486 e. The third-order valence-electron chi connectivity index (χ3n) is 4.34. The Hall–Kier alpha value is -3.28. The van der Waals surface area contributed by atoms with Gasteiger partial charge in [0.05, 0.1) is 0 Å². The highest BCUT2D eigenvalue weighted by molar-refractivity contribution is 5.91. The van der Waals surface area contributed by atoms with Crippen LogP contribution >= 0.6 is 0 Å². The number of hydrogen-bond acceptors (Lipinski definition) is 4. The lowest BCUT2D eigenvalue weighted by atomic mass is 10.1. The average molecular weight is 381 g/mol. The fourth-order valence-corrected chi connectivity index (χ4v) is 2.86. The van der Waals surface area contributed by atoms with E-state index in [-0.39, 0.29) is 24.7 Å². The number of hydrogen-bond donors (Lipinski definition) is 2. The lowest BCUT2D eigenvalue weighted by Crippen LogP contribution is -2.23. The fraction of sp³-hybridized carbons (Fsp3) is 0.273. The van der Waals surface area contributed by atoms with E-state index in [0.717, 1.165) is 29.4 Å². The zero-order valence-corrected chi connectivity index (χ0v) is 15.5. The van der Waals surface area contributed by atoms with Crippen molar-refractivity contribution < 1.29 is 23.8 Å². The van der Waals surface area contributed by atoms with Gasteiger partial charge in [-0.3, -0.25) is 9.59 Å². The number of rotatable bonds is 10. The first kappa shape index (κ1) is 19.5. The Morgan fingerprint density at radius 1 is 0.964 bits per heavy atom. The van der Waals surface area contributed by atoms with Gasteiger partial charge in [-0.15, -0.1) is 0 Å². The molecule has 1 heterocycles. The summed E-state index contributed by atoms with van der Waals surface area (Å²) in [5.74, 6) is 0.470. The van der Waals surface area contributed by atoms with Crippen LogP contribution in [-0.2, 0) is 11.4 Å². The number of furan rings is 1. The highest BCUT2D eigenvalue weighted by atomic mass is 16.5. The molecule has 2 N–H and O–H groups in total. The second-order valence-corrected chi connectivity index (χ2v) is 6.52. The van der Waals surface area contributed by atoms with Crippen molar-refractivity contribution in [1.29, 1.82) is 0 Å². The molecule has 0 radical (unpaired) electrons. The molecule has 28 heavy (non-hydrogen) atoms. The summed E-state index contributed by atoms with van der Waals surface area (Å²) >= 11 is 0. The number of benzene rings is 2. The topological polar surface area (TPSA) is 88.8 Å². The van der Waals surface area contributed by atoms with Crippen LogP contribution in [0, 0.1) is 0 Å². The van der Waals surface area contributed by atoms with Gasteiger partial charge in [0.25, 0.3) is 5.91 Å². The van der Waals surface area contributed by atoms with Crippen LogP contribution in [0.15, 0.2) is 59.0 Å². The maximum atomic E-state index is 12.1. The first-order valence-electron chi connectivity index (χ1n) is 9.32. The molecule has 2 aromatic carbocycles. The molecule has 0 unspecified atom stereocenters. The number of unbranched alkanes of at least 4 members (excludes halogenated alkanes) is 2. The van der Waals surface area contributed by atoms with E-state index in [1.807, 2.05) is 42.5 Å². The highest BCUT2D eigenvalue weighted by Gasteiger charge is 2.11. The van der Waals surface area contributed by atoms with E-state index in [1.165, 1.54) is 0 Å². The summed E-state index contributed by atoms with van der Waals surface area (Å²) in [6, 6.07) is 17.3. The number of aliphatic carboxylic acids is 1. The number of carbonyl (C=O) groups is 2. The quantitative estimate of drug-likeness (QED) is 0.509. The number of carboxylic acid groups (broad SMARTS) is 1. The molecule has 0 aliphatic heterocycles. The van der Waals surface area contributed by atoms with Gasteiger partial charge in [-0.2, -0.15) is 0 Å². The summed E-state index contributed by atoms with van der Waals surface area (Å²) < 4.78 is 11.3. The van der Waals surface area contributed by atoms with Crippen LogP contribution in [0.25, 0.3) is 10.8 Å². The van der Waals surface area contributed by atoms with Crippen LogP contribution in [-0.4, -0.2) is 23.5 Å². The van der Waals surface area contributed by atoms with E-state index < -0.39 is 5.97 Å². The number of amides is 1. The third-order valence-corrected chi connectivity index (χ3v) is 4.34. The van der Waals surface area contributed by atoms with Crippen molar-refractivity contribution in [2.75, 3.05) is 6.54 Å². The molecule has 0 saturated heterocycles. The summed E-state index contributed by atoms with van der Waals surface area (Å²) in [7, 11) is 0. The molecule has 3 aromatic rings. The Bertz CT molecular complexity index is 947. The zero-order valence-electron chi connectivity index (χ0n) is 15.5. The summed E-state index contributed by atoms with van der Waals surface area (Å²) in [4.78, 5) is 22.5. The van der Waals surface area contributed by atoms with Gasteiger partial charge < -0.3 is 19.6 Å². The molecule has 3 rings (SSSR count). The molecule has 0 spiro atoms. The average Bonchev–Trinajstić information content (AvgIpc) is 3.17. The predicted octanol–water partition coefficient (Wildman–Crippen LogP) is 4.39. The Labute approximate surface area is 163 Å². The normalized spacial score (nSPS) is 10.7. The molecule has 6 heteroatoms. The first-order valence-corrected chi connectivity index (χ1v) is 9.32. The molecule has 0 fully saturated rings. The fourth-order valence-electron chi connectivity index (χ4n) is 2.86. The summed E-state index contributed by atoms with van der Waals surface area (Å²) in [6.45, 7) is 0.725. The summed E-state index contributed by atoms with van der Waals surface area (Å²) in [5.41, 5.74) is 0. The number of ether oxygens (including phenoxy) is 1. The number of fused-ring (bicyclic) bond motifs is 1. The van der Waals surface area contributed by atoms with Crippen LogP contribution in [0.1, 0.15) is 42.0 Å². The minimum atomic E-state index is -0.793. The van der Waals surface area contributed by atoms with Crippen molar-refractivity contribution >= 4 is 22.6 Å². The SMILES string of the molecule is O=C(O)CCCCCNC(=O)c1ccc(COc2ccc3ccccc3c2)o1. The molecule has 0 bridgehead atoms. The Morgan fingerprint density at radius 3 is 2.61 bits per heavy atom. The molecule has 1 amide bonds. The molecule has 146 valence electrons. The molecular formula is C22H23NO5. The summed E-state index contributed by atoms with van der Waals surface area (Å²) in [5, 5.41) is 13.6. The van der Waals surface area contributed by atoms with Gasteiger partial charge >= 0.3 is 5.97 Å². The van der Waals surface area contributed by atoms with Crippen molar-refractivity contribution in [3.63, 3.8) is 0 Å². The van der Waals surface area contributed by atoms with Gasteiger partial charge in [0.15, 0.2) is 5.76 Å². The zero-order chi connectivity index (χ0) is 19.8. The van der Waals surface area contributed by atoms with Gasteiger partial charge in [-0.1, -0.05) is 36.8 Å². The molecule has 0 atom stereocenters. The monoisotopic (exact) mass is 381 g/mol. The number of carbonyl (C=O) groups excluding carboxylic acids is 1. The van der Waals surface area contributed by atoms with Crippen LogP contribution in [0.2, 0.25) is 0 Å². The Kier molecular flexibility index (Phi) is 6.68. The van der Waals surface area contributed by atoms with Crippen LogP contribution in [0.4, 0.5) is 0 Å². The molecule has 0 saturated carbocycles. The van der Waals surface area contributed by atoms with Gasteiger partial charge in [0.1, 0.15) is 18.1 Å². The predicted molar refractivity (Wildman–Crippen MR) is 105 cm³/mol. The summed E-state index contributed by atoms with van der Waals surface area (Å²) in [6.07, 6.45) is 2.27. The van der Waals surface area contributed by atoms with Crippen molar-refractivity contribution in [1.82, 2.24) is 5.32 Å². The lowest BCUT2D eigenvalue weighted by Gasteiger charge is -2.06. The van der Waals surface area contributed by atoms with E-state index in [1.54, 1.807) is 12.1 Å². The van der Waals surface area contributed by atoms with E-state index in [0.29, 0.717) is 18.7 Å². The van der Waals surface area contributed by atoms with Crippen molar-refractivity contribution in [3.05, 3.63) is 66.1 Å². The number of carboxylic acids is 1. The van der Waals surface area contributed by atoms with E-state index in [9.17, 15) is 9.59 Å². The standard InChI is InChI=1S/C22H23NO5/c24-21(25)8-2-1-5-13-23-22(26)20-12-11-19(28-20)15-27-18-10-9-16-6-3-4-7-17(16)14-18/h3-4,6-7,9-12,14H,1-2,5,8,13,15H2,(H,23,26)(H,24,25). The highest BCUT2D eigenvalue weighted by Crippen LogP contribution is 2.21. The Balaban J connectivity index is 1.44. The molecule has 0 aliphatic rings. The van der Waals surface area contributed by atoms with Gasteiger partial charge in [0.2, 0.25) is 0 Å². The maximum absolute atomic E-state index is 12.1. The second kappa shape index (κ2) is 9.60. The van der Waals surface area contributed by atoms with Crippen LogP contribution < -0.4 is 10.1 Å². The first-order chi connectivity index (χ1) is 13.6. The van der Waals surface area contributed by atoms with E-state index in [4.69, 9.17) is 14.3 Å². The minimum Gasteiger partial charge on any atom is -0.486 e. The molecule has 6 nitrogen and oxygen atoms in total. The molecule has 0 aliphatic carbocycles. The van der Waals surface area contributed by atoms with E-state index >= 15 is 0 Å². The smallest absolute Gasteiger partial charge is 0.303 e. The minimum absolute atomic E-state index is 0.159. The van der Waals surface area contributed by atoms with E-state index in [2.05, 4.69) is 5.32 Å². The molecule has 1 aromatic heterocycles. The third kappa shape index (κ3) is 5.61. The van der Waals surface area contributed by atoms with Crippen molar-refractivity contribution in [2.24, 2.45) is 0 Å². The van der Waals surface area contributed by atoms with Crippen LogP contribution in [0.5, 0.6) is 5.75 Å². The van der Waals surface area contributed by atoms with Crippen LogP contribution in [0.3, 0.4) is 0 Å². The van der Waals surface area contributed by atoms with Gasteiger partial charge in [-0.05, 0) is 47.9 Å². The van der Waals surface area contributed by atoms with Gasteiger partial charge in [0, 0.05) is 13.0 Å². The lowest BCUT2D eigenvalue weighted by molar-refractivity contribution is -0.137.